The van der Waals surface area contributed by atoms with Gasteiger partial charge >= 0.3 is 0 Å². The van der Waals surface area contributed by atoms with Gasteiger partial charge in [-0.25, -0.2) is 8.42 Å². The van der Waals surface area contributed by atoms with Gasteiger partial charge in [-0.05, 0) is 43.9 Å². The topological polar surface area (TPSA) is 102 Å². The molecule has 9 nitrogen and oxygen atoms in total. The van der Waals surface area contributed by atoms with E-state index in [1.54, 1.807) is 12.3 Å². The monoisotopic (exact) mass is 447 g/mol. The molecule has 0 radical (unpaired) electrons. The van der Waals surface area contributed by atoms with Crippen LogP contribution in [0.4, 0.5) is 11.4 Å². The molecule has 2 saturated heterocycles. The van der Waals surface area contributed by atoms with Crippen LogP contribution < -0.4 is 4.90 Å². The van der Waals surface area contributed by atoms with E-state index < -0.39 is 14.9 Å². The number of nitrogens with zero attached hydrogens (tertiary/aromatic N) is 5. The normalized spacial score (nSPS) is 19.3. The number of sulfonamides is 1. The highest BCUT2D eigenvalue weighted by Crippen LogP contribution is 2.36. The second-order valence-electron chi connectivity index (χ2n) is 8.37. The Balaban J connectivity index is 1.56. The fourth-order valence-electron chi connectivity index (χ4n) is 4.71. The third kappa shape index (κ3) is 4.45. The third-order valence-corrected chi connectivity index (χ3v) is 8.35. The number of nitro benzene ring substituents is 1. The van der Waals surface area contributed by atoms with Gasteiger partial charge in [-0.3, -0.25) is 14.8 Å². The Hall–Kier alpha value is -2.46. The van der Waals surface area contributed by atoms with E-state index in [-0.39, 0.29) is 10.6 Å². The standard InChI is InChI=1S/C21H29N5O4S/c1-23-19(8-11-22-23)17-9-14-24(15-10-17)20-7-6-18(16-21(20)26(27)28)31(29,30)25-12-4-2-3-5-13-25/h6-8,11,16-17H,2-5,9-10,12-15H2,1H3. The molecule has 4 rings (SSSR count). The van der Waals surface area contributed by atoms with Gasteiger partial charge in [-0.15, -0.1) is 0 Å². The number of aromatic nitrogens is 2. The molecule has 10 heteroatoms. The van der Waals surface area contributed by atoms with Gasteiger partial charge in [0.05, 0.1) is 9.82 Å². The average molecular weight is 448 g/mol. The maximum absolute atomic E-state index is 13.1. The lowest BCUT2D eigenvalue weighted by molar-refractivity contribution is -0.384. The quantitative estimate of drug-likeness (QED) is 0.515. The molecule has 0 atom stereocenters. The van der Waals surface area contributed by atoms with Crippen LogP contribution >= 0.6 is 0 Å². The van der Waals surface area contributed by atoms with Crippen molar-refractivity contribution >= 4 is 21.4 Å². The van der Waals surface area contributed by atoms with Gasteiger partial charge in [-0.1, -0.05) is 12.8 Å². The van der Waals surface area contributed by atoms with E-state index in [1.165, 1.54) is 22.1 Å². The second kappa shape index (κ2) is 8.96. The molecule has 0 aliphatic carbocycles. The van der Waals surface area contributed by atoms with Crippen molar-refractivity contribution in [1.29, 1.82) is 0 Å². The Morgan fingerprint density at radius 3 is 2.29 bits per heavy atom. The highest BCUT2D eigenvalue weighted by atomic mass is 32.2. The molecule has 2 fully saturated rings. The molecule has 2 aliphatic rings. The average Bonchev–Trinajstić information content (AvgIpc) is 3.01. The Morgan fingerprint density at radius 2 is 1.71 bits per heavy atom. The summed E-state index contributed by atoms with van der Waals surface area (Å²) in [6.07, 6.45) is 7.20. The SMILES string of the molecule is Cn1nccc1C1CCN(c2ccc(S(=O)(=O)N3CCCCCC3)cc2[N+](=O)[O-])CC1. The molecule has 3 heterocycles. The summed E-state index contributed by atoms with van der Waals surface area (Å²) < 4.78 is 29.5. The van der Waals surface area contributed by atoms with E-state index in [4.69, 9.17) is 0 Å². The molecule has 0 bridgehead atoms. The van der Waals surface area contributed by atoms with Gasteiger partial charge in [0.15, 0.2) is 0 Å². The van der Waals surface area contributed by atoms with E-state index in [2.05, 4.69) is 5.10 Å². The van der Waals surface area contributed by atoms with Crippen molar-refractivity contribution < 1.29 is 13.3 Å². The molecule has 0 saturated carbocycles. The van der Waals surface area contributed by atoms with Crippen LogP contribution in [-0.2, 0) is 17.1 Å². The zero-order chi connectivity index (χ0) is 22.0. The predicted molar refractivity (Wildman–Crippen MR) is 118 cm³/mol. The molecule has 0 spiro atoms. The van der Waals surface area contributed by atoms with Crippen LogP contribution in [0.5, 0.6) is 0 Å². The Bertz CT molecular complexity index is 1040. The number of benzene rings is 1. The van der Waals surface area contributed by atoms with E-state index in [0.29, 0.717) is 37.8 Å². The van der Waals surface area contributed by atoms with Gasteiger partial charge in [0.1, 0.15) is 5.69 Å². The summed E-state index contributed by atoms with van der Waals surface area (Å²) in [5.74, 6) is 0.366. The van der Waals surface area contributed by atoms with Crippen LogP contribution in [0.15, 0.2) is 35.4 Å². The Labute approximate surface area is 182 Å². The highest BCUT2D eigenvalue weighted by molar-refractivity contribution is 7.89. The largest absolute Gasteiger partial charge is 0.366 e. The van der Waals surface area contributed by atoms with Crippen molar-refractivity contribution in [2.24, 2.45) is 7.05 Å². The molecule has 0 amide bonds. The van der Waals surface area contributed by atoms with Gasteiger partial charge in [-0.2, -0.15) is 9.40 Å². The van der Waals surface area contributed by atoms with Gasteiger partial charge < -0.3 is 4.90 Å². The van der Waals surface area contributed by atoms with Gasteiger partial charge in [0, 0.05) is 57.1 Å². The van der Waals surface area contributed by atoms with Crippen LogP contribution in [0, 0.1) is 10.1 Å². The fourth-order valence-corrected chi connectivity index (χ4v) is 6.25. The first-order valence-corrected chi connectivity index (χ1v) is 12.3. The minimum atomic E-state index is -3.73. The first kappa shape index (κ1) is 21.8. The van der Waals surface area contributed by atoms with Crippen LogP contribution in [0.3, 0.4) is 0 Å². The number of piperidine rings is 1. The van der Waals surface area contributed by atoms with Crippen molar-refractivity contribution in [3.05, 3.63) is 46.3 Å². The summed E-state index contributed by atoms with van der Waals surface area (Å²) in [5, 5.41) is 16.1. The summed E-state index contributed by atoms with van der Waals surface area (Å²) in [5.41, 5.74) is 1.52. The Morgan fingerprint density at radius 1 is 1.03 bits per heavy atom. The summed E-state index contributed by atoms with van der Waals surface area (Å²) >= 11 is 0. The number of nitro groups is 1. The van der Waals surface area contributed by atoms with Gasteiger partial charge in [0.2, 0.25) is 10.0 Å². The first-order valence-electron chi connectivity index (χ1n) is 10.9. The molecular formula is C21H29N5O4S. The van der Waals surface area contributed by atoms with E-state index in [9.17, 15) is 18.5 Å². The number of rotatable bonds is 5. The van der Waals surface area contributed by atoms with Crippen molar-refractivity contribution in [2.75, 3.05) is 31.1 Å². The summed E-state index contributed by atoms with van der Waals surface area (Å²) in [6.45, 7) is 2.29. The molecule has 2 aromatic rings. The van der Waals surface area contributed by atoms with Crippen LogP contribution in [0.25, 0.3) is 0 Å². The maximum Gasteiger partial charge on any atom is 0.293 e. The van der Waals surface area contributed by atoms with Crippen LogP contribution in [0.1, 0.15) is 50.1 Å². The minimum absolute atomic E-state index is 0.00891. The van der Waals surface area contributed by atoms with Crippen molar-refractivity contribution in [3.8, 4) is 0 Å². The van der Waals surface area contributed by atoms with Crippen molar-refractivity contribution in [2.45, 2.75) is 49.3 Å². The number of hydrogen-bond acceptors (Lipinski definition) is 6. The first-order chi connectivity index (χ1) is 14.9. The molecule has 31 heavy (non-hydrogen) atoms. The molecule has 2 aliphatic heterocycles. The molecule has 1 aromatic carbocycles. The van der Waals surface area contributed by atoms with Crippen LogP contribution in [-0.4, -0.2) is 53.6 Å². The molecule has 1 aromatic heterocycles. The summed E-state index contributed by atoms with van der Waals surface area (Å²) in [4.78, 5) is 13.4. The van der Waals surface area contributed by atoms with E-state index in [0.717, 1.165) is 38.5 Å². The fraction of sp³-hybridized carbons (Fsp3) is 0.571. The lowest BCUT2D eigenvalue weighted by Crippen LogP contribution is -2.34. The summed E-state index contributed by atoms with van der Waals surface area (Å²) in [6, 6.07) is 6.39. The van der Waals surface area contributed by atoms with Crippen molar-refractivity contribution in [3.63, 3.8) is 0 Å². The smallest absolute Gasteiger partial charge is 0.293 e. The molecule has 0 N–H and O–H groups in total. The number of hydrogen-bond donors (Lipinski definition) is 0. The Kier molecular flexibility index (Phi) is 6.29. The third-order valence-electron chi connectivity index (χ3n) is 6.46. The van der Waals surface area contributed by atoms with E-state index >= 15 is 0 Å². The summed E-state index contributed by atoms with van der Waals surface area (Å²) in [7, 11) is -1.80. The van der Waals surface area contributed by atoms with Crippen molar-refractivity contribution in [1.82, 2.24) is 14.1 Å². The zero-order valence-electron chi connectivity index (χ0n) is 17.8. The number of aryl methyl sites for hydroxylation is 1. The molecular weight excluding hydrogens is 418 g/mol. The zero-order valence-corrected chi connectivity index (χ0v) is 18.6. The predicted octanol–water partition coefficient (Wildman–Crippen LogP) is 3.28. The highest BCUT2D eigenvalue weighted by Gasteiger charge is 2.31. The van der Waals surface area contributed by atoms with E-state index in [1.807, 2.05) is 22.7 Å². The second-order valence-corrected chi connectivity index (χ2v) is 10.3. The van der Waals surface area contributed by atoms with Gasteiger partial charge in [0.25, 0.3) is 5.69 Å². The maximum atomic E-state index is 13.1. The molecule has 0 unspecified atom stereocenters. The number of anilines is 1. The minimum Gasteiger partial charge on any atom is -0.366 e. The lowest BCUT2D eigenvalue weighted by Gasteiger charge is -2.33. The van der Waals surface area contributed by atoms with Crippen LogP contribution in [0.2, 0.25) is 0 Å². The molecule has 168 valence electrons. The lowest BCUT2D eigenvalue weighted by atomic mass is 9.93.